The smallest absolute Gasteiger partial charge is 0.0821 e. The molecule has 2 N–H and O–H groups in total. The zero-order valence-electron chi connectivity index (χ0n) is 8.93. The van der Waals surface area contributed by atoms with Crippen LogP contribution in [0.4, 0.5) is 0 Å². The van der Waals surface area contributed by atoms with Gasteiger partial charge < -0.3 is 10.3 Å². The zero-order valence-corrected chi connectivity index (χ0v) is 8.93. The molecule has 0 saturated carbocycles. The molecule has 0 bridgehead atoms. The van der Waals surface area contributed by atoms with Gasteiger partial charge in [-0.05, 0) is 31.2 Å². The molecule has 0 amide bonds. The van der Waals surface area contributed by atoms with Gasteiger partial charge in [-0.25, -0.2) is 0 Å². The van der Waals surface area contributed by atoms with Crippen LogP contribution in [0.25, 0.3) is 0 Å². The lowest BCUT2D eigenvalue weighted by molar-refractivity contribution is 0.685. The Kier molecular flexibility index (Phi) is 2.87. The van der Waals surface area contributed by atoms with Crippen LogP contribution in [0.1, 0.15) is 11.4 Å². The van der Waals surface area contributed by atoms with E-state index in [2.05, 4.69) is 21.9 Å². The second-order valence-electron chi connectivity index (χ2n) is 3.65. The number of hydrogen-bond acceptors (Lipinski definition) is 2. The van der Waals surface area contributed by atoms with E-state index in [1.165, 1.54) is 5.69 Å². The van der Waals surface area contributed by atoms with Crippen LogP contribution >= 0.6 is 0 Å². The fourth-order valence-electron chi connectivity index (χ4n) is 1.70. The molecule has 0 aromatic carbocycles. The highest BCUT2D eigenvalue weighted by Crippen LogP contribution is 2.06. The zero-order chi connectivity index (χ0) is 10.7. The molecule has 80 valence electrons. The van der Waals surface area contributed by atoms with E-state index in [1.807, 2.05) is 30.1 Å². The van der Waals surface area contributed by atoms with Crippen LogP contribution in [0, 0.1) is 0 Å². The Bertz CT molecular complexity index is 427. The van der Waals surface area contributed by atoms with E-state index in [1.54, 1.807) is 0 Å². The van der Waals surface area contributed by atoms with Crippen LogP contribution in [-0.2, 0) is 20.0 Å². The molecule has 0 unspecified atom stereocenters. The maximum atomic E-state index is 5.55. The molecule has 0 aliphatic carbocycles. The Morgan fingerprint density at radius 3 is 2.87 bits per heavy atom. The minimum Gasteiger partial charge on any atom is -0.345 e. The van der Waals surface area contributed by atoms with E-state index in [0.29, 0.717) is 6.54 Å². The Morgan fingerprint density at radius 2 is 2.20 bits per heavy atom. The molecule has 4 heteroatoms. The lowest BCUT2D eigenvalue weighted by Gasteiger charge is -2.06. The molecule has 2 aromatic rings. The highest BCUT2D eigenvalue weighted by Gasteiger charge is 2.02. The van der Waals surface area contributed by atoms with Crippen LogP contribution in [0.2, 0.25) is 0 Å². The van der Waals surface area contributed by atoms with Crippen molar-refractivity contribution >= 4 is 0 Å². The van der Waals surface area contributed by atoms with Gasteiger partial charge in [0.1, 0.15) is 0 Å². The van der Waals surface area contributed by atoms with Crippen molar-refractivity contribution < 1.29 is 0 Å². The molecule has 0 atom stereocenters. The Labute approximate surface area is 89.3 Å². The van der Waals surface area contributed by atoms with Crippen LogP contribution < -0.4 is 5.73 Å². The van der Waals surface area contributed by atoms with Gasteiger partial charge in [-0.2, -0.15) is 5.10 Å². The third kappa shape index (κ3) is 2.27. The van der Waals surface area contributed by atoms with Gasteiger partial charge in [-0.15, -0.1) is 0 Å². The molecule has 4 nitrogen and oxygen atoms in total. The molecule has 0 fully saturated rings. The van der Waals surface area contributed by atoms with E-state index in [9.17, 15) is 0 Å². The molecule has 2 heterocycles. The van der Waals surface area contributed by atoms with Crippen LogP contribution in [0.3, 0.4) is 0 Å². The van der Waals surface area contributed by atoms with Crippen molar-refractivity contribution in [2.24, 2.45) is 12.8 Å². The summed E-state index contributed by atoms with van der Waals surface area (Å²) in [5, 5.41) is 4.35. The average molecular weight is 204 g/mol. The molecule has 0 radical (unpaired) electrons. The van der Waals surface area contributed by atoms with Crippen LogP contribution in [0.5, 0.6) is 0 Å². The van der Waals surface area contributed by atoms with Crippen molar-refractivity contribution in [1.29, 1.82) is 0 Å². The summed E-state index contributed by atoms with van der Waals surface area (Å²) in [7, 11) is 1.93. The maximum Gasteiger partial charge on any atom is 0.0821 e. The van der Waals surface area contributed by atoms with Crippen molar-refractivity contribution in [3.05, 3.63) is 42.0 Å². The van der Waals surface area contributed by atoms with Gasteiger partial charge >= 0.3 is 0 Å². The normalized spacial score (nSPS) is 10.8. The summed E-state index contributed by atoms with van der Waals surface area (Å²) in [5.41, 5.74) is 7.90. The Balaban J connectivity index is 2.13. The highest BCUT2D eigenvalue weighted by molar-refractivity contribution is 5.11. The van der Waals surface area contributed by atoms with Crippen molar-refractivity contribution in [1.82, 2.24) is 14.3 Å². The van der Waals surface area contributed by atoms with Gasteiger partial charge in [0.25, 0.3) is 0 Å². The number of aryl methyl sites for hydroxylation is 1. The largest absolute Gasteiger partial charge is 0.345 e. The van der Waals surface area contributed by atoms with Crippen molar-refractivity contribution in [3.8, 4) is 0 Å². The van der Waals surface area contributed by atoms with E-state index < -0.39 is 0 Å². The number of nitrogens with two attached hydrogens (primary N) is 1. The molecule has 2 rings (SSSR count). The summed E-state index contributed by atoms with van der Waals surface area (Å²) in [6, 6.07) is 6.19. The van der Waals surface area contributed by atoms with Gasteiger partial charge in [-0.1, -0.05) is 0 Å². The minimum absolute atomic E-state index is 0.687. The molecular formula is C11H16N4. The number of hydrogen-bond donors (Lipinski definition) is 1. The summed E-state index contributed by atoms with van der Waals surface area (Å²) in [5.74, 6) is 0. The second kappa shape index (κ2) is 4.31. The maximum absolute atomic E-state index is 5.55. The van der Waals surface area contributed by atoms with Crippen molar-refractivity contribution in [2.75, 3.05) is 6.54 Å². The SMILES string of the molecule is Cn1ccc(Cn2cccc2CCN)n1. The number of aromatic nitrogens is 3. The number of nitrogens with zero attached hydrogens (tertiary/aromatic N) is 3. The van der Waals surface area contributed by atoms with E-state index in [-0.39, 0.29) is 0 Å². The van der Waals surface area contributed by atoms with Gasteiger partial charge in [-0.3, -0.25) is 4.68 Å². The monoisotopic (exact) mass is 204 g/mol. The molecule has 0 spiro atoms. The molecule has 0 saturated heterocycles. The molecule has 15 heavy (non-hydrogen) atoms. The highest BCUT2D eigenvalue weighted by atomic mass is 15.3. The van der Waals surface area contributed by atoms with Crippen molar-refractivity contribution in [3.63, 3.8) is 0 Å². The first-order chi connectivity index (χ1) is 7.29. The lowest BCUT2D eigenvalue weighted by atomic mass is 10.3. The second-order valence-corrected chi connectivity index (χ2v) is 3.65. The summed E-state index contributed by atoms with van der Waals surface area (Å²) < 4.78 is 4.01. The van der Waals surface area contributed by atoms with E-state index in [4.69, 9.17) is 5.73 Å². The van der Waals surface area contributed by atoms with Crippen LogP contribution in [0.15, 0.2) is 30.6 Å². The third-order valence-electron chi connectivity index (χ3n) is 2.43. The lowest BCUT2D eigenvalue weighted by Crippen LogP contribution is -2.09. The van der Waals surface area contributed by atoms with E-state index in [0.717, 1.165) is 18.7 Å². The van der Waals surface area contributed by atoms with Gasteiger partial charge in [0.2, 0.25) is 0 Å². The summed E-state index contributed by atoms with van der Waals surface area (Å²) in [4.78, 5) is 0. The number of rotatable bonds is 4. The predicted molar refractivity (Wildman–Crippen MR) is 59.5 cm³/mol. The standard InChI is InChI=1S/C11H16N4/c1-14-8-5-10(13-14)9-15-7-2-3-11(15)4-6-12/h2-3,5,7-8H,4,6,9,12H2,1H3. The Morgan fingerprint density at radius 1 is 1.33 bits per heavy atom. The fourth-order valence-corrected chi connectivity index (χ4v) is 1.70. The summed E-state index contributed by atoms with van der Waals surface area (Å²) >= 11 is 0. The summed E-state index contributed by atoms with van der Waals surface area (Å²) in [6.07, 6.45) is 4.95. The third-order valence-corrected chi connectivity index (χ3v) is 2.43. The first kappa shape index (κ1) is 9.98. The Hall–Kier alpha value is -1.55. The average Bonchev–Trinajstić information content (AvgIpc) is 2.78. The fraction of sp³-hybridized carbons (Fsp3) is 0.364. The molecular weight excluding hydrogens is 188 g/mol. The van der Waals surface area contributed by atoms with E-state index >= 15 is 0 Å². The van der Waals surface area contributed by atoms with Gasteiger partial charge in [0, 0.05) is 25.1 Å². The van der Waals surface area contributed by atoms with Crippen molar-refractivity contribution in [2.45, 2.75) is 13.0 Å². The minimum atomic E-state index is 0.687. The molecule has 0 aliphatic heterocycles. The molecule has 0 aliphatic rings. The summed E-state index contributed by atoms with van der Waals surface area (Å²) in [6.45, 7) is 1.51. The first-order valence-electron chi connectivity index (χ1n) is 5.12. The molecule has 2 aromatic heterocycles. The van der Waals surface area contributed by atoms with Crippen LogP contribution in [-0.4, -0.2) is 20.9 Å². The first-order valence-corrected chi connectivity index (χ1v) is 5.12. The van der Waals surface area contributed by atoms with Gasteiger partial charge in [0.15, 0.2) is 0 Å². The van der Waals surface area contributed by atoms with Gasteiger partial charge in [0.05, 0.1) is 12.2 Å². The quantitative estimate of drug-likeness (QED) is 0.799. The predicted octanol–water partition coefficient (Wildman–Crippen LogP) is 0.771. The topological polar surface area (TPSA) is 48.8 Å².